The van der Waals surface area contributed by atoms with E-state index in [9.17, 15) is 4.79 Å². The summed E-state index contributed by atoms with van der Waals surface area (Å²) >= 11 is 0. The van der Waals surface area contributed by atoms with E-state index < -0.39 is 0 Å². The lowest BCUT2D eigenvalue weighted by molar-refractivity contribution is -0.118. The molecule has 0 bridgehead atoms. The summed E-state index contributed by atoms with van der Waals surface area (Å²) in [6, 6.07) is 0. The zero-order valence-corrected chi connectivity index (χ0v) is 7.59. The first-order chi connectivity index (χ1) is 5.00. The summed E-state index contributed by atoms with van der Waals surface area (Å²) in [5, 5.41) is 8.73. The molecular weight excluding hydrogens is 140 g/mol. The van der Waals surface area contributed by atoms with Crippen LogP contribution in [0.25, 0.3) is 0 Å². The summed E-state index contributed by atoms with van der Waals surface area (Å²) in [7, 11) is 0. The molecule has 11 heavy (non-hydrogen) atoms. The molecular formula is C9H16O2. The number of carbonyl (C=O) groups excluding carboxylic acids is 1. The van der Waals surface area contributed by atoms with Crippen LogP contribution in [-0.2, 0) is 4.79 Å². The van der Waals surface area contributed by atoms with Crippen molar-refractivity contribution in [2.75, 3.05) is 0 Å². The molecule has 2 nitrogen and oxygen atoms in total. The molecule has 0 aromatic rings. The fraction of sp³-hybridized carbons (Fsp3) is 0.667. The average molecular weight is 156 g/mol. The van der Waals surface area contributed by atoms with Gasteiger partial charge in [0.25, 0.3) is 0 Å². The Morgan fingerprint density at radius 1 is 1.18 bits per heavy atom. The number of rotatable bonds is 3. The van der Waals surface area contributed by atoms with Gasteiger partial charge in [0.1, 0.15) is 0 Å². The highest BCUT2D eigenvalue weighted by molar-refractivity contribution is 5.96. The minimum atomic E-state index is -0.0317. The quantitative estimate of drug-likeness (QED) is 0.503. The highest BCUT2D eigenvalue weighted by atomic mass is 16.2. The van der Waals surface area contributed by atoms with E-state index in [0.29, 0.717) is 5.57 Å². The monoisotopic (exact) mass is 156 g/mol. The summed E-state index contributed by atoms with van der Waals surface area (Å²) in [5.41, 5.74) is 0.514. The lowest BCUT2D eigenvalue weighted by Crippen LogP contribution is -2.14. The second-order valence-corrected chi connectivity index (χ2v) is 3.26. The minimum Gasteiger partial charge on any atom is -0.515 e. The Morgan fingerprint density at radius 2 is 1.64 bits per heavy atom. The number of carbonyl (C=O) groups is 1. The third-order valence-corrected chi connectivity index (χ3v) is 1.57. The lowest BCUT2D eigenvalue weighted by atomic mass is 9.94. The zero-order chi connectivity index (χ0) is 9.02. The molecule has 0 aliphatic heterocycles. The standard InChI is InChI=1S/C9H16O2/c1-6(2)8(5-10)9(11)7(3)4/h5-7,10H,1-4H3. The maximum absolute atomic E-state index is 11.3. The molecule has 0 unspecified atom stereocenters. The first-order valence-electron chi connectivity index (χ1n) is 3.89. The normalized spacial score (nSPS) is 12.7. The van der Waals surface area contributed by atoms with Crippen LogP contribution in [0.1, 0.15) is 27.7 Å². The molecule has 0 aromatic heterocycles. The van der Waals surface area contributed by atoms with Gasteiger partial charge in [0.05, 0.1) is 6.26 Å². The third kappa shape index (κ3) is 2.74. The third-order valence-electron chi connectivity index (χ3n) is 1.57. The number of aliphatic hydroxyl groups excluding tert-OH is 1. The van der Waals surface area contributed by atoms with E-state index in [2.05, 4.69) is 0 Å². The molecule has 64 valence electrons. The predicted molar refractivity (Wildman–Crippen MR) is 45.4 cm³/mol. The summed E-state index contributed by atoms with van der Waals surface area (Å²) < 4.78 is 0. The Bertz CT molecular complexity index is 166. The van der Waals surface area contributed by atoms with Crippen molar-refractivity contribution in [2.45, 2.75) is 27.7 Å². The Kier molecular flexibility index (Phi) is 3.86. The second-order valence-electron chi connectivity index (χ2n) is 3.26. The first kappa shape index (κ1) is 10.2. The molecule has 0 radical (unpaired) electrons. The van der Waals surface area contributed by atoms with Gasteiger partial charge < -0.3 is 5.11 Å². The van der Waals surface area contributed by atoms with Gasteiger partial charge in [-0.05, 0) is 5.92 Å². The van der Waals surface area contributed by atoms with Crippen LogP contribution >= 0.6 is 0 Å². The van der Waals surface area contributed by atoms with Gasteiger partial charge in [0.2, 0.25) is 0 Å². The number of ketones is 1. The van der Waals surface area contributed by atoms with Crippen LogP contribution in [0, 0.1) is 11.8 Å². The van der Waals surface area contributed by atoms with Crippen molar-refractivity contribution in [1.82, 2.24) is 0 Å². The summed E-state index contributed by atoms with van der Waals surface area (Å²) in [6.07, 6.45) is 0.924. The van der Waals surface area contributed by atoms with Crippen LogP contribution < -0.4 is 0 Å². The molecule has 0 aromatic carbocycles. The molecule has 0 heterocycles. The first-order valence-corrected chi connectivity index (χ1v) is 3.89. The summed E-state index contributed by atoms with van der Waals surface area (Å²) in [4.78, 5) is 11.3. The SMILES string of the molecule is CC(C)C(=O)C(=CO)C(C)C. The van der Waals surface area contributed by atoms with Crippen LogP contribution in [0.2, 0.25) is 0 Å². The smallest absolute Gasteiger partial charge is 0.164 e. The van der Waals surface area contributed by atoms with Crippen molar-refractivity contribution in [3.05, 3.63) is 11.8 Å². The van der Waals surface area contributed by atoms with Crippen LogP contribution in [-0.4, -0.2) is 10.9 Å². The predicted octanol–water partition coefficient (Wildman–Crippen LogP) is 2.31. The Labute approximate surface area is 67.9 Å². The molecule has 0 spiro atoms. The number of aliphatic hydroxyl groups is 1. The van der Waals surface area contributed by atoms with Crippen LogP contribution in [0.3, 0.4) is 0 Å². The largest absolute Gasteiger partial charge is 0.515 e. The maximum Gasteiger partial charge on any atom is 0.164 e. The molecule has 0 fully saturated rings. The van der Waals surface area contributed by atoms with E-state index in [0.717, 1.165) is 6.26 Å². The van der Waals surface area contributed by atoms with E-state index in [1.807, 2.05) is 27.7 Å². The van der Waals surface area contributed by atoms with Gasteiger partial charge in [-0.1, -0.05) is 27.7 Å². The van der Waals surface area contributed by atoms with Crippen molar-refractivity contribution in [3.63, 3.8) is 0 Å². The molecule has 0 aliphatic carbocycles. The van der Waals surface area contributed by atoms with Gasteiger partial charge in [-0.15, -0.1) is 0 Å². The number of hydrogen-bond donors (Lipinski definition) is 1. The highest BCUT2D eigenvalue weighted by Gasteiger charge is 2.16. The maximum atomic E-state index is 11.3. The van der Waals surface area contributed by atoms with Crippen LogP contribution in [0.4, 0.5) is 0 Å². The van der Waals surface area contributed by atoms with E-state index in [1.54, 1.807) is 0 Å². The van der Waals surface area contributed by atoms with Crippen molar-refractivity contribution in [3.8, 4) is 0 Å². The molecule has 0 amide bonds. The van der Waals surface area contributed by atoms with Gasteiger partial charge >= 0.3 is 0 Å². The van der Waals surface area contributed by atoms with Crippen LogP contribution in [0.15, 0.2) is 11.8 Å². The van der Waals surface area contributed by atoms with Crippen molar-refractivity contribution in [1.29, 1.82) is 0 Å². The summed E-state index contributed by atoms with van der Waals surface area (Å²) in [5.74, 6) is 0.105. The van der Waals surface area contributed by atoms with E-state index in [1.165, 1.54) is 0 Å². The number of hydrogen-bond acceptors (Lipinski definition) is 2. The fourth-order valence-electron chi connectivity index (χ4n) is 0.831. The molecule has 2 heteroatoms. The molecule has 0 rings (SSSR count). The van der Waals surface area contributed by atoms with Crippen molar-refractivity contribution in [2.24, 2.45) is 11.8 Å². The van der Waals surface area contributed by atoms with E-state index in [-0.39, 0.29) is 17.6 Å². The Balaban J connectivity index is 4.42. The van der Waals surface area contributed by atoms with Crippen molar-refractivity contribution >= 4 is 5.78 Å². The average Bonchev–Trinajstić information content (AvgIpc) is 1.88. The Hall–Kier alpha value is -0.790. The van der Waals surface area contributed by atoms with Gasteiger partial charge in [0.15, 0.2) is 5.78 Å². The van der Waals surface area contributed by atoms with E-state index >= 15 is 0 Å². The Morgan fingerprint density at radius 3 is 1.73 bits per heavy atom. The second kappa shape index (κ2) is 4.16. The van der Waals surface area contributed by atoms with Gasteiger partial charge in [-0.2, -0.15) is 0 Å². The van der Waals surface area contributed by atoms with E-state index in [4.69, 9.17) is 5.11 Å². The molecule has 0 aliphatic rings. The molecule has 0 saturated carbocycles. The summed E-state index contributed by atoms with van der Waals surface area (Å²) in [6.45, 7) is 7.44. The molecule has 0 saturated heterocycles. The zero-order valence-electron chi connectivity index (χ0n) is 7.59. The number of allylic oxidation sites excluding steroid dienone is 1. The topological polar surface area (TPSA) is 37.3 Å². The van der Waals surface area contributed by atoms with Gasteiger partial charge in [-0.25, -0.2) is 0 Å². The lowest BCUT2D eigenvalue weighted by Gasteiger charge is -2.10. The highest BCUT2D eigenvalue weighted by Crippen LogP contribution is 2.14. The molecule has 0 atom stereocenters. The minimum absolute atomic E-state index is 0.0301. The van der Waals surface area contributed by atoms with Crippen LogP contribution in [0.5, 0.6) is 0 Å². The fourth-order valence-corrected chi connectivity index (χ4v) is 0.831. The van der Waals surface area contributed by atoms with Gasteiger partial charge in [0, 0.05) is 11.5 Å². The number of Topliss-reactive ketones (excluding diaryl/α,β-unsaturated/α-hetero) is 1. The molecule has 1 N–H and O–H groups in total. The van der Waals surface area contributed by atoms with Gasteiger partial charge in [-0.3, -0.25) is 4.79 Å². The van der Waals surface area contributed by atoms with Crippen molar-refractivity contribution < 1.29 is 9.90 Å².